The summed E-state index contributed by atoms with van der Waals surface area (Å²) in [6, 6.07) is 8.91. The van der Waals surface area contributed by atoms with Crippen molar-refractivity contribution in [2.75, 3.05) is 13.6 Å². The fourth-order valence-corrected chi connectivity index (χ4v) is 3.43. The van der Waals surface area contributed by atoms with Gasteiger partial charge in [0.05, 0.1) is 6.10 Å². The SMILES string of the molecule is Br.CN1CC[C@@]2(C)c3ccccc3C[C@H]1[C@H]2O. The first kappa shape index (κ1) is 13.1. The summed E-state index contributed by atoms with van der Waals surface area (Å²) in [5, 5.41) is 10.5. The lowest BCUT2D eigenvalue weighted by atomic mass is 9.63. The zero-order valence-corrected chi connectivity index (χ0v) is 12.1. The predicted molar refractivity (Wildman–Crippen MR) is 74.9 cm³/mol. The summed E-state index contributed by atoms with van der Waals surface area (Å²) in [5.74, 6) is 0. The average Bonchev–Trinajstić information content (AvgIpc) is 2.29. The van der Waals surface area contributed by atoms with Gasteiger partial charge in [-0.3, -0.25) is 0 Å². The van der Waals surface area contributed by atoms with Crippen LogP contribution in [0, 0.1) is 0 Å². The molecule has 0 amide bonds. The van der Waals surface area contributed by atoms with E-state index >= 15 is 0 Å². The van der Waals surface area contributed by atoms with Crippen LogP contribution in [0.15, 0.2) is 24.3 Å². The van der Waals surface area contributed by atoms with Crippen LogP contribution >= 0.6 is 17.0 Å². The number of likely N-dealkylation sites (N-methyl/N-ethyl adjacent to an activating group) is 1. The minimum Gasteiger partial charge on any atom is -0.391 e. The summed E-state index contributed by atoms with van der Waals surface area (Å²) >= 11 is 0. The summed E-state index contributed by atoms with van der Waals surface area (Å²) in [4.78, 5) is 2.31. The molecule has 3 heteroatoms. The molecule has 2 bridgehead atoms. The van der Waals surface area contributed by atoms with Crippen molar-refractivity contribution in [2.24, 2.45) is 0 Å². The molecule has 1 fully saturated rings. The number of benzene rings is 1. The molecule has 2 nitrogen and oxygen atoms in total. The van der Waals surface area contributed by atoms with Gasteiger partial charge in [0.2, 0.25) is 0 Å². The van der Waals surface area contributed by atoms with Crippen LogP contribution in [0.2, 0.25) is 0 Å². The molecule has 3 atom stereocenters. The highest BCUT2D eigenvalue weighted by atomic mass is 79.9. The average molecular weight is 298 g/mol. The molecule has 17 heavy (non-hydrogen) atoms. The van der Waals surface area contributed by atoms with E-state index in [9.17, 15) is 5.11 Å². The molecule has 1 aromatic carbocycles. The van der Waals surface area contributed by atoms with E-state index in [1.54, 1.807) is 0 Å². The fourth-order valence-electron chi connectivity index (χ4n) is 3.43. The molecule has 1 N–H and O–H groups in total. The zero-order chi connectivity index (χ0) is 11.3. The quantitative estimate of drug-likeness (QED) is 0.793. The maximum Gasteiger partial charge on any atom is 0.0792 e. The van der Waals surface area contributed by atoms with E-state index in [0.29, 0.717) is 6.04 Å². The van der Waals surface area contributed by atoms with Gasteiger partial charge in [-0.2, -0.15) is 0 Å². The minimum atomic E-state index is -0.221. The molecule has 3 rings (SSSR count). The van der Waals surface area contributed by atoms with Crippen LogP contribution in [0.1, 0.15) is 24.5 Å². The summed E-state index contributed by atoms with van der Waals surface area (Å²) in [6.45, 7) is 3.31. The van der Waals surface area contributed by atoms with Crippen LogP contribution in [0.4, 0.5) is 0 Å². The maximum absolute atomic E-state index is 10.5. The molecule has 1 aliphatic heterocycles. The molecular weight excluding hydrogens is 278 g/mol. The number of nitrogens with zero attached hydrogens (tertiary/aromatic N) is 1. The van der Waals surface area contributed by atoms with E-state index in [-0.39, 0.29) is 28.5 Å². The van der Waals surface area contributed by atoms with E-state index in [1.165, 1.54) is 11.1 Å². The van der Waals surface area contributed by atoms with Crippen molar-refractivity contribution in [3.05, 3.63) is 35.4 Å². The Kier molecular flexibility index (Phi) is 3.36. The molecule has 94 valence electrons. The van der Waals surface area contributed by atoms with Crippen LogP contribution in [0.25, 0.3) is 0 Å². The first-order valence-corrected chi connectivity index (χ1v) is 6.09. The Balaban J connectivity index is 0.00000108. The largest absolute Gasteiger partial charge is 0.391 e. The normalized spacial score (nSPS) is 35.9. The highest BCUT2D eigenvalue weighted by Crippen LogP contribution is 2.44. The Morgan fingerprint density at radius 3 is 2.82 bits per heavy atom. The topological polar surface area (TPSA) is 23.5 Å². The number of aliphatic hydroxyl groups is 1. The summed E-state index contributed by atoms with van der Waals surface area (Å²) < 4.78 is 0. The van der Waals surface area contributed by atoms with Crippen LogP contribution < -0.4 is 0 Å². The van der Waals surface area contributed by atoms with Gasteiger partial charge < -0.3 is 10.0 Å². The molecule has 1 aliphatic carbocycles. The van der Waals surface area contributed by atoms with Crippen LogP contribution in [0.5, 0.6) is 0 Å². The molecule has 0 unspecified atom stereocenters. The molecule has 2 aliphatic rings. The second-order valence-electron chi connectivity index (χ2n) is 5.52. The molecule has 1 aromatic rings. The van der Waals surface area contributed by atoms with Crippen LogP contribution in [-0.2, 0) is 11.8 Å². The standard InChI is InChI=1S/C14H19NO.BrH/c1-14-7-8-15(2)12(13(14)16)9-10-5-3-4-6-11(10)14;/h3-6,12-13,16H,7-9H2,1-2H3;1H/t12-,13+,14-;/m0./s1. The van der Waals surface area contributed by atoms with Crippen molar-refractivity contribution >= 4 is 17.0 Å². The smallest absolute Gasteiger partial charge is 0.0792 e. The maximum atomic E-state index is 10.5. The van der Waals surface area contributed by atoms with Crippen LogP contribution in [-0.4, -0.2) is 35.7 Å². The van der Waals surface area contributed by atoms with Gasteiger partial charge in [-0.15, -0.1) is 17.0 Å². The first-order chi connectivity index (χ1) is 7.63. The number of likely N-dealkylation sites (tertiary alicyclic amines) is 1. The first-order valence-electron chi connectivity index (χ1n) is 6.09. The third-order valence-electron chi connectivity index (χ3n) is 4.63. The molecule has 1 heterocycles. The van der Waals surface area contributed by atoms with Gasteiger partial charge in [-0.1, -0.05) is 31.2 Å². The number of hydrogen-bond acceptors (Lipinski definition) is 2. The lowest BCUT2D eigenvalue weighted by molar-refractivity contribution is -0.0406. The Bertz CT molecular complexity index is 422. The van der Waals surface area contributed by atoms with E-state index in [1.807, 2.05) is 0 Å². The Morgan fingerprint density at radius 1 is 1.35 bits per heavy atom. The summed E-state index contributed by atoms with van der Waals surface area (Å²) in [7, 11) is 2.13. The minimum absolute atomic E-state index is 0. The van der Waals surface area contributed by atoms with Crippen molar-refractivity contribution in [3.63, 3.8) is 0 Å². The van der Waals surface area contributed by atoms with Gasteiger partial charge in [0.1, 0.15) is 0 Å². The third kappa shape index (κ3) is 1.76. The Labute approximate surface area is 113 Å². The van der Waals surface area contributed by atoms with Gasteiger partial charge in [0.25, 0.3) is 0 Å². The summed E-state index contributed by atoms with van der Waals surface area (Å²) in [6.07, 6.45) is 1.82. The van der Waals surface area contributed by atoms with Crippen molar-refractivity contribution < 1.29 is 5.11 Å². The van der Waals surface area contributed by atoms with Crippen molar-refractivity contribution in [1.29, 1.82) is 0 Å². The van der Waals surface area contributed by atoms with Gasteiger partial charge in [0.15, 0.2) is 0 Å². The number of aliphatic hydroxyl groups excluding tert-OH is 1. The van der Waals surface area contributed by atoms with Gasteiger partial charge in [-0.25, -0.2) is 0 Å². The number of fused-ring (bicyclic) bond motifs is 4. The Hall–Kier alpha value is -0.380. The molecule has 0 saturated carbocycles. The molecule has 0 aromatic heterocycles. The van der Waals surface area contributed by atoms with Crippen LogP contribution in [0.3, 0.4) is 0 Å². The number of rotatable bonds is 0. The number of piperidine rings is 1. The lowest BCUT2D eigenvalue weighted by Gasteiger charge is -2.52. The number of halogens is 1. The summed E-state index contributed by atoms with van der Waals surface area (Å²) in [5.41, 5.74) is 2.75. The highest BCUT2D eigenvalue weighted by Gasteiger charge is 2.48. The van der Waals surface area contributed by atoms with Gasteiger partial charge in [0, 0.05) is 11.5 Å². The number of hydrogen-bond donors (Lipinski definition) is 1. The van der Waals surface area contributed by atoms with Crippen molar-refractivity contribution in [1.82, 2.24) is 4.90 Å². The van der Waals surface area contributed by atoms with Gasteiger partial charge in [-0.05, 0) is 37.6 Å². The highest BCUT2D eigenvalue weighted by molar-refractivity contribution is 8.93. The predicted octanol–water partition coefficient (Wildman–Crippen LogP) is 2.14. The van der Waals surface area contributed by atoms with E-state index < -0.39 is 0 Å². The molecule has 1 saturated heterocycles. The molecule has 0 radical (unpaired) electrons. The zero-order valence-electron chi connectivity index (χ0n) is 10.4. The Morgan fingerprint density at radius 2 is 2.06 bits per heavy atom. The lowest BCUT2D eigenvalue weighted by Crippen LogP contribution is -2.61. The van der Waals surface area contributed by atoms with E-state index in [0.717, 1.165) is 19.4 Å². The second kappa shape index (κ2) is 4.38. The third-order valence-corrected chi connectivity index (χ3v) is 4.63. The van der Waals surface area contributed by atoms with Gasteiger partial charge >= 0.3 is 0 Å². The second-order valence-corrected chi connectivity index (χ2v) is 5.52. The van der Waals surface area contributed by atoms with E-state index in [4.69, 9.17) is 0 Å². The molecule has 0 spiro atoms. The van der Waals surface area contributed by atoms with Crippen molar-refractivity contribution in [2.45, 2.75) is 37.3 Å². The molecular formula is C14H20BrNO. The van der Waals surface area contributed by atoms with Crippen molar-refractivity contribution in [3.8, 4) is 0 Å². The monoisotopic (exact) mass is 297 g/mol. The fraction of sp³-hybridized carbons (Fsp3) is 0.571. The van der Waals surface area contributed by atoms with E-state index in [2.05, 4.69) is 43.1 Å².